The second kappa shape index (κ2) is 3.70. The van der Waals surface area contributed by atoms with Crippen LogP contribution in [0.25, 0.3) is 0 Å². The average Bonchev–Trinajstić information content (AvgIpc) is 2.12. The molecule has 0 bridgehead atoms. The van der Waals surface area contributed by atoms with E-state index in [4.69, 9.17) is 4.74 Å². The normalized spacial score (nSPS) is 15.9. The number of rotatable bonds is 0. The van der Waals surface area contributed by atoms with Crippen LogP contribution in [0.15, 0.2) is 18.2 Å². The molecule has 2 rings (SSSR count). The molecule has 1 N–H and O–H groups in total. The Morgan fingerprint density at radius 1 is 1.43 bits per heavy atom. The number of amides is 1. The molecule has 3 nitrogen and oxygen atoms in total. The third-order valence-electron chi connectivity index (χ3n) is 2.21. The lowest BCUT2D eigenvalue weighted by Gasteiger charge is -2.16. The molecule has 74 valence electrons. The summed E-state index contributed by atoms with van der Waals surface area (Å²) in [6, 6.07) is 5.81. The molecular formula is C11H13NO2. The molecule has 0 saturated carbocycles. The summed E-state index contributed by atoms with van der Waals surface area (Å²) >= 11 is 0. The lowest BCUT2D eigenvalue weighted by atomic mass is 10.2. The van der Waals surface area contributed by atoms with Gasteiger partial charge in [-0.2, -0.15) is 0 Å². The molecule has 1 aromatic rings. The fraction of sp³-hybridized carbons (Fsp3) is 0.364. The van der Waals surface area contributed by atoms with Crippen molar-refractivity contribution < 1.29 is 9.53 Å². The fourth-order valence-electron chi connectivity index (χ4n) is 1.49. The van der Waals surface area contributed by atoms with Gasteiger partial charge < -0.3 is 10.1 Å². The van der Waals surface area contributed by atoms with Gasteiger partial charge in [0.2, 0.25) is 5.91 Å². The zero-order chi connectivity index (χ0) is 9.97. The van der Waals surface area contributed by atoms with Crippen molar-refractivity contribution in [2.24, 2.45) is 0 Å². The average molecular weight is 191 g/mol. The second-order valence-corrected chi connectivity index (χ2v) is 3.50. The highest BCUT2D eigenvalue weighted by molar-refractivity contribution is 5.92. The monoisotopic (exact) mass is 191 g/mol. The Labute approximate surface area is 83.1 Å². The van der Waals surface area contributed by atoms with Crippen molar-refractivity contribution in [3.63, 3.8) is 0 Å². The van der Waals surface area contributed by atoms with Crippen LogP contribution < -0.4 is 10.1 Å². The molecule has 1 aliphatic rings. The summed E-state index contributed by atoms with van der Waals surface area (Å²) in [6.07, 6.45) is 1.31. The van der Waals surface area contributed by atoms with Crippen molar-refractivity contribution in [1.29, 1.82) is 0 Å². The summed E-state index contributed by atoms with van der Waals surface area (Å²) in [5.74, 6) is 0.837. The highest BCUT2D eigenvalue weighted by Gasteiger charge is 2.11. The van der Waals surface area contributed by atoms with Gasteiger partial charge in [-0.1, -0.05) is 6.07 Å². The molecule has 1 aliphatic heterocycles. The molecule has 14 heavy (non-hydrogen) atoms. The van der Waals surface area contributed by atoms with E-state index in [1.54, 1.807) is 0 Å². The summed E-state index contributed by atoms with van der Waals surface area (Å²) in [5, 5.41) is 2.84. The highest BCUT2D eigenvalue weighted by atomic mass is 16.5. The third kappa shape index (κ3) is 1.87. The molecule has 0 atom stereocenters. The molecule has 1 aromatic carbocycles. The van der Waals surface area contributed by atoms with Crippen LogP contribution in [-0.2, 0) is 4.79 Å². The van der Waals surface area contributed by atoms with E-state index in [2.05, 4.69) is 5.32 Å². The van der Waals surface area contributed by atoms with Gasteiger partial charge in [-0.15, -0.1) is 0 Å². The Bertz CT molecular complexity index is 360. The molecule has 0 aliphatic carbocycles. The van der Waals surface area contributed by atoms with Gasteiger partial charge in [0.1, 0.15) is 5.75 Å². The van der Waals surface area contributed by atoms with Crippen LogP contribution in [0.1, 0.15) is 18.4 Å². The van der Waals surface area contributed by atoms with E-state index in [-0.39, 0.29) is 5.91 Å². The van der Waals surface area contributed by atoms with Gasteiger partial charge in [-0.25, -0.2) is 0 Å². The van der Waals surface area contributed by atoms with E-state index in [0.717, 1.165) is 23.4 Å². The van der Waals surface area contributed by atoms with Crippen LogP contribution in [0, 0.1) is 6.92 Å². The van der Waals surface area contributed by atoms with Gasteiger partial charge in [0.05, 0.1) is 12.3 Å². The molecule has 0 spiro atoms. The first-order chi connectivity index (χ1) is 6.75. The van der Waals surface area contributed by atoms with E-state index >= 15 is 0 Å². The fourth-order valence-corrected chi connectivity index (χ4v) is 1.49. The molecule has 0 fully saturated rings. The Balaban J connectivity index is 2.34. The Morgan fingerprint density at radius 2 is 2.29 bits per heavy atom. The molecule has 3 heteroatoms. The van der Waals surface area contributed by atoms with E-state index in [1.165, 1.54) is 0 Å². The number of anilines is 1. The Hall–Kier alpha value is -1.51. The molecular weight excluding hydrogens is 178 g/mol. The van der Waals surface area contributed by atoms with Crippen LogP contribution >= 0.6 is 0 Å². The summed E-state index contributed by atoms with van der Waals surface area (Å²) < 4.78 is 5.52. The zero-order valence-corrected chi connectivity index (χ0v) is 8.17. The van der Waals surface area contributed by atoms with E-state index < -0.39 is 0 Å². The second-order valence-electron chi connectivity index (χ2n) is 3.50. The van der Waals surface area contributed by atoms with E-state index in [1.807, 2.05) is 25.1 Å². The minimum atomic E-state index is 0.0696. The molecule has 0 saturated heterocycles. The summed E-state index contributed by atoms with van der Waals surface area (Å²) in [7, 11) is 0. The number of hydrogen-bond donors (Lipinski definition) is 1. The number of aryl methyl sites for hydroxylation is 1. The lowest BCUT2D eigenvalue weighted by Crippen LogP contribution is -2.16. The molecule has 1 heterocycles. The standard InChI is InChI=1S/C11H13NO2/c1-8-4-5-10-9(7-8)12-11(13)3-2-6-14-10/h4-5,7H,2-3,6H2,1H3,(H,12,13). The van der Waals surface area contributed by atoms with Gasteiger partial charge in [0.25, 0.3) is 0 Å². The smallest absolute Gasteiger partial charge is 0.224 e. The van der Waals surface area contributed by atoms with Gasteiger partial charge in [-0.05, 0) is 31.0 Å². The number of carbonyl (C=O) groups excluding carboxylic acids is 1. The highest BCUT2D eigenvalue weighted by Crippen LogP contribution is 2.27. The van der Waals surface area contributed by atoms with Crippen molar-refractivity contribution in [3.05, 3.63) is 23.8 Å². The largest absolute Gasteiger partial charge is 0.491 e. The first-order valence-electron chi connectivity index (χ1n) is 4.79. The van der Waals surface area contributed by atoms with Crippen molar-refractivity contribution in [2.45, 2.75) is 19.8 Å². The van der Waals surface area contributed by atoms with Gasteiger partial charge >= 0.3 is 0 Å². The first-order valence-corrected chi connectivity index (χ1v) is 4.79. The maximum absolute atomic E-state index is 11.3. The van der Waals surface area contributed by atoms with Crippen molar-refractivity contribution in [3.8, 4) is 5.75 Å². The topological polar surface area (TPSA) is 38.3 Å². The van der Waals surface area contributed by atoms with Crippen LogP contribution in [0.4, 0.5) is 5.69 Å². The lowest BCUT2D eigenvalue weighted by molar-refractivity contribution is -0.116. The number of benzene rings is 1. The van der Waals surface area contributed by atoms with Gasteiger partial charge in [0.15, 0.2) is 0 Å². The molecule has 0 radical (unpaired) electrons. The summed E-state index contributed by atoms with van der Waals surface area (Å²) in [5.41, 5.74) is 1.91. The van der Waals surface area contributed by atoms with Crippen LogP contribution in [0.5, 0.6) is 5.75 Å². The number of ether oxygens (including phenoxy) is 1. The maximum Gasteiger partial charge on any atom is 0.224 e. The Kier molecular flexibility index (Phi) is 2.39. The third-order valence-corrected chi connectivity index (χ3v) is 2.21. The first kappa shape index (κ1) is 9.06. The van der Waals surface area contributed by atoms with Gasteiger partial charge in [-0.3, -0.25) is 4.79 Å². The minimum absolute atomic E-state index is 0.0696. The number of fused-ring (bicyclic) bond motifs is 1. The maximum atomic E-state index is 11.3. The number of hydrogen-bond acceptors (Lipinski definition) is 2. The van der Waals surface area contributed by atoms with Crippen LogP contribution in [0.3, 0.4) is 0 Å². The van der Waals surface area contributed by atoms with Gasteiger partial charge in [0, 0.05) is 6.42 Å². The predicted octanol–water partition coefficient (Wildman–Crippen LogP) is 2.11. The van der Waals surface area contributed by atoms with E-state index in [0.29, 0.717) is 13.0 Å². The van der Waals surface area contributed by atoms with Crippen molar-refractivity contribution in [1.82, 2.24) is 0 Å². The summed E-state index contributed by atoms with van der Waals surface area (Å²) in [6.45, 7) is 2.61. The Morgan fingerprint density at radius 3 is 3.14 bits per heavy atom. The quantitative estimate of drug-likeness (QED) is 0.682. The van der Waals surface area contributed by atoms with Crippen LogP contribution in [0.2, 0.25) is 0 Å². The van der Waals surface area contributed by atoms with E-state index in [9.17, 15) is 4.79 Å². The van der Waals surface area contributed by atoms with Crippen LogP contribution in [-0.4, -0.2) is 12.5 Å². The van der Waals surface area contributed by atoms with Crippen molar-refractivity contribution in [2.75, 3.05) is 11.9 Å². The number of carbonyl (C=O) groups is 1. The molecule has 0 aromatic heterocycles. The minimum Gasteiger partial charge on any atom is -0.491 e. The molecule has 0 unspecified atom stereocenters. The van der Waals surface area contributed by atoms with Crippen molar-refractivity contribution >= 4 is 11.6 Å². The summed E-state index contributed by atoms with van der Waals surface area (Å²) in [4.78, 5) is 11.3. The SMILES string of the molecule is Cc1ccc2c(c1)NC(=O)CCCO2. The molecule has 1 amide bonds. The predicted molar refractivity (Wildman–Crippen MR) is 54.5 cm³/mol. The zero-order valence-electron chi connectivity index (χ0n) is 8.17. The number of nitrogens with one attached hydrogen (secondary N) is 1.